The van der Waals surface area contributed by atoms with Gasteiger partial charge in [-0.15, -0.1) is 0 Å². The average molecular weight is 343 g/mol. The summed E-state index contributed by atoms with van der Waals surface area (Å²) in [7, 11) is -4.17. The molecular weight excluding hydrogens is 318 g/mol. The van der Waals surface area contributed by atoms with Crippen molar-refractivity contribution in [3.63, 3.8) is 0 Å². The van der Waals surface area contributed by atoms with Crippen LogP contribution in [0.1, 0.15) is 39.7 Å². The summed E-state index contributed by atoms with van der Waals surface area (Å²) in [5.41, 5.74) is -0.781. The SMILES string of the molecule is CC(C)(C)N(C(=O)O)C(C)(CCS(=O)(=O)O)Cc1ccccc1. The highest BCUT2D eigenvalue weighted by atomic mass is 32.2. The molecule has 1 aromatic carbocycles. The molecule has 6 nitrogen and oxygen atoms in total. The molecule has 0 fully saturated rings. The van der Waals surface area contributed by atoms with E-state index in [1.807, 2.05) is 30.3 Å². The molecule has 1 unspecified atom stereocenters. The molecule has 2 N–H and O–H groups in total. The highest BCUT2D eigenvalue weighted by Gasteiger charge is 2.42. The molecule has 1 rings (SSSR count). The number of rotatable bonds is 6. The molecule has 0 bridgehead atoms. The number of hydrogen-bond donors (Lipinski definition) is 2. The maximum absolute atomic E-state index is 11.8. The Labute approximate surface area is 137 Å². The molecule has 1 amide bonds. The van der Waals surface area contributed by atoms with Gasteiger partial charge in [0.15, 0.2) is 0 Å². The molecule has 23 heavy (non-hydrogen) atoms. The van der Waals surface area contributed by atoms with E-state index >= 15 is 0 Å². The second-order valence-corrected chi connectivity index (χ2v) is 8.56. The first-order valence-electron chi connectivity index (χ1n) is 7.37. The minimum atomic E-state index is -4.17. The summed E-state index contributed by atoms with van der Waals surface area (Å²) in [6.45, 7) is 7.00. The number of benzene rings is 1. The van der Waals surface area contributed by atoms with Gasteiger partial charge in [-0.1, -0.05) is 30.3 Å². The number of amides is 1. The van der Waals surface area contributed by atoms with Gasteiger partial charge in [-0.25, -0.2) is 4.79 Å². The Kier molecular flexibility index (Phi) is 5.82. The van der Waals surface area contributed by atoms with E-state index in [0.717, 1.165) is 5.56 Å². The van der Waals surface area contributed by atoms with Gasteiger partial charge in [0.1, 0.15) is 0 Å². The molecule has 0 heterocycles. The minimum Gasteiger partial charge on any atom is -0.465 e. The molecule has 0 aliphatic rings. The van der Waals surface area contributed by atoms with Crippen molar-refractivity contribution in [1.29, 1.82) is 0 Å². The Morgan fingerprint density at radius 3 is 2.04 bits per heavy atom. The second-order valence-electron chi connectivity index (χ2n) is 6.98. The summed E-state index contributed by atoms with van der Waals surface area (Å²) < 4.78 is 31.4. The molecular formula is C16H25NO5S. The summed E-state index contributed by atoms with van der Waals surface area (Å²) in [4.78, 5) is 13.1. The van der Waals surface area contributed by atoms with Gasteiger partial charge in [-0.2, -0.15) is 8.42 Å². The molecule has 1 aromatic rings. The van der Waals surface area contributed by atoms with Crippen LogP contribution in [-0.2, 0) is 16.5 Å². The largest absolute Gasteiger partial charge is 0.465 e. The molecule has 1 atom stereocenters. The van der Waals surface area contributed by atoms with Crippen LogP contribution in [-0.4, -0.2) is 45.9 Å². The van der Waals surface area contributed by atoms with E-state index in [4.69, 9.17) is 4.55 Å². The van der Waals surface area contributed by atoms with Crippen LogP contribution in [0.2, 0.25) is 0 Å². The standard InChI is InChI=1S/C16H25NO5S/c1-15(2,3)17(14(18)19)16(4,10-11-23(20,21)22)12-13-8-6-5-7-9-13/h5-9H,10-12H2,1-4H3,(H,18,19)(H,20,21,22). The fourth-order valence-electron chi connectivity index (χ4n) is 2.99. The van der Waals surface area contributed by atoms with Crippen molar-refractivity contribution in [2.75, 3.05) is 5.75 Å². The first-order valence-corrected chi connectivity index (χ1v) is 8.98. The third-order valence-electron chi connectivity index (χ3n) is 3.73. The van der Waals surface area contributed by atoms with Crippen LogP contribution in [0.3, 0.4) is 0 Å². The van der Waals surface area contributed by atoms with Gasteiger partial charge in [0, 0.05) is 11.1 Å². The van der Waals surface area contributed by atoms with Gasteiger partial charge in [-0.3, -0.25) is 9.45 Å². The van der Waals surface area contributed by atoms with E-state index in [2.05, 4.69) is 0 Å². The van der Waals surface area contributed by atoms with Crippen molar-refractivity contribution in [2.45, 2.75) is 51.6 Å². The Balaban J connectivity index is 3.25. The van der Waals surface area contributed by atoms with Crippen LogP contribution in [0.25, 0.3) is 0 Å². The van der Waals surface area contributed by atoms with E-state index in [9.17, 15) is 18.3 Å². The topological polar surface area (TPSA) is 94.9 Å². The van der Waals surface area contributed by atoms with Crippen LogP contribution in [0.5, 0.6) is 0 Å². The Morgan fingerprint density at radius 1 is 1.13 bits per heavy atom. The van der Waals surface area contributed by atoms with E-state index in [1.165, 1.54) is 4.90 Å². The summed E-state index contributed by atoms with van der Waals surface area (Å²) in [5.74, 6) is -0.490. The number of carboxylic acid groups (broad SMARTS) is 1. The quantitative estimate of drug-likeness (QED) is 0.774. The molecule has 0 spiro atoms. The summed E-state index contributed by atoms with van der Waals surface area (Å²) in [6.07, 6.45) is -0.761. The fourth-order valence-corrected chi connectivity index (χ4v) is 3.69. The van der Waals surface area contributed by atoms with Crippen molar-refractivity contribution >= 4 is 16.2 Å². The summed E-state index contributed by atoms with van der Waals surface area (Å²) in [6, 6.07) is 9.29. The van der Waals surface area contributed by atoms with Gasteiger partial charge >= 0.3 is 6.09 Å². The van der Waals surface area contributed by atoms with Crippen LogP contribution >= 0.6 is 0 Å². The summed E-state index contributed by atoms with van der Waals surface area (Å²) in [5, 5.41) is 9.67. The molecule has 130 valence electrons. The number of hydrogen-bond acceptors (Lipinski definition) is 3. The van der Waals surface area contributed by atoms with Gasteiger partial charge in [0.2, 0.25) is 0 Å². The first-order chi connectivity index (χ1) is 10.4. The monoisotopic (exact) mass is 343 g/mol. The van der Waals surface area contributed by atoms with E-state index in [-0.39, 0.29) is 6.42 Å². The Bertz CT molecular complexity index is 636. The molecule has 0 radical (unpaired) electrons. The second kappa shape index (κ2) is 6.88. The van der Waals surface area contributed by atoms with Crippen molar-refractivity contribution in [2.24, 2.45) is 0 Å². The molecule has 0 aliphatic carbocycles. The lowest BCUT2D eigenvalue weighted by molar-refractivity contribution is 0.0223. The van der Waals surface area contributed by atoms with Gasteiger partial charge in [0.05, 0.1) is 5.75 Å². The van der Waals surface area contributed by atoms with Crippen LogP contribution in [0.4, 0.5) is 4.79 Å². The third-order valence-corrected chi connectivity index (χ3v) is 4.45. The Morgan fingerprint density at radius 2 is 1.65 bits per heavy atom. The van der Waals surface area contributed by atoms with E-state index < -0.39 is 33.0 Å². The van der Waals surface area contributed by atoms with Crippen molar-refractivity contribution < 1.29 is 22.9 Å². The third kappa shape index (κ3) is 5.84. The van der Waals surface area contributed by atoms with Crippen molar-refractivity contribution in [1.82, 2.24) is 4.90 Å². The average Bonchev–Trinajstić information content (AvgIpc) is 2.34. The molecule has 7 heteroatoms. The Hall–Kier alpha value is -1.60. The molecule has 0 aliphatic heterocycles. The normalized spacial score (nSPS) is 15.0. The highest BCUT2D eigenvalue weighted by molar-refractivity contribution is 7.85. The molecule has 0 aromatic heterocycles. The van der Waals surface area contributed by atoms with Crippen LogP contribution in [0.15, 0.2) is 30.3 Å². The van der Waals surface area contributed by atoms with Gasteiger partial charge in [0.25, 0.3) is 10.1 Å². The maximum Gasteiger partial charge on any atom is 0.408 e. The predicted molar refractivity (Wildman–Crippen MR) is 89.2 cm³/mol. The molecule has 0 saturated heterocycles. The smallest absolute Gasteiger partial charge is 0.408 e. The highest BCUT2D eigenvalue weighted by Crippen LogP contribution is 2.32. The fraction of sp³-hybridized carbons (Fsp3) is 0.562. The number of carbonyl (C=O) groups is 1. The lowest BCUT2D eigenvalue weighted by Crippen LogP contribution is -2.59. The minimum absolute atomic E-state index is 0.00426. The summed E-state index contributed by atoms with van der Waals surface area (Å²) >= 11 is 0. The first kappa shape index (κ1) is 19.4. The van der Waals surface area contributed by atoms with Crippen molar-refractivity contribution in [3.05, 3.63) is 35.9 Å². The van der Waals surface area contributed by atoms with Crippen LogP contribution < -0.4 is 0 Å². The van der Waals surface area contributed by atoms with Crippen molar-refractivity contribution in [3.8, 4) is 0 Å². The zero-order valence-electron chi connectivity index (χ0n) is 14.0. The zero-order valence-corrected chi connectivity index (χ0v) is 14.8. The zero-order chi connectivity index (χ0) is 17.9. The molecule has 0 saturated carbocycles. The van der Waals surface area contributed by atoms with Gasteiger partial charge in [-0.05, 0) is 46.1 Å². The lowest BCUT2D eigenvalue weighted by Gasteiger charge is -2.47. The number of nitrogens with zero attached hydrogens (tertiary/aromatic N) is 1. The van der Waals surface area contributed by atoms with E-state index in [0.29, 0.717) is 6.42 Å². The van der Waals surface area contributed by atoms with Gasteiger partial charge < -0.3 is 5.11 Å². The van der Waals surface area contributed by atoms with Crippen LogP contribution in [0, 0.1) is 0 Å². The lowest BCUT2D eigenvalue weighted by atomic mass is 9.85. The predicted octanol–water partition coefficient (Wildman–Crippen LogP) is 3.04. The van der Waals surface area contributed by atoms with E-state index in [1.54, 1.807) is 27.7 Å². The maximum atomic E-state index is 11.8.